The van der Waals surface area contributed by atoms with E-state index in [9.17, 15) is 9.59 Å². The number of rotatable bonds is 32. The molecule has 0 aliphatic rings. The number of hydrogen-bond donors (Lipinski definition) is 0. The molecule has 0 aromatic rings. The topological polar surface area (TPSA) is 43.4 Å². The third-order valence-corrected chi connectivity index (χ3v) is 8.35. The number of unbranched alkanes of at least 4 members (excludes halogenated alkanes) is 18. The highest BCUT2D eigenvalue weighted by Gasteiger charge is 2.09. The van der Waals surface area contributed by atoms with Gasteiger partial charge in [0.25, 0.3) is 0 Å². The van der Waals surface area contributed by atoms with Gasteiger partial charge in [-0.1, -0.05) is 162 Å². The first-order valence-electron chi connectivity index (χ1n) is 17.8. The first kappa shape index (κ1) is 38.1. The second kappa shape index (κ2) is 31.7. The zero-order valence-electron chi connectivity index (χ0n) is 27.0. The summed E-state index contributed by atoms with van der Waals surface area (Å²) in [6.45, 7) is 7.42. The van der Waals surface area contributed by atoms with Crippen molar-refractivity contribution < 1.29 is 14.3 Å². The molecular formula is C36H70O3. The number of carbonyl (C=O) groups is 2. The van der Waals surface area contributed by atoms with Gasteiger partial charge >= 0.3 is 5.97 Å². The molecule has 0 fully saturated rings. The summed E-state index contributed by atoms with van der Waals surface area (Å²) in [7, 11) is 0. The molecule has 0 atom stereocenters. The van der Waals surface area contributed by atoms with Crippen LogP contribution in [0.4, 0.5) is 0 Å². The van der Waals surface area contributed by atoms with Crippen molar-refractivity contribution in [1.29, 1.82) is 0 Å². The normalized spacial score (nSPS) is 11.4. The number of carbonyl (C=O) groups excluding carboxylic acids is 2. The fourth-order valence-electron chi connectivity index (χ4n) is 5.65. The van der Waals surface area contributed by atoms with Gasteiger partial charge in [0.2, 0.25) is 0 Å². The van der Waals surface area contributed by atoms with Crippen LogP contribution in [0.2, 0.25) is 0 Å². The monoisotopic (exact) mass is 551 g/mol. The van der Waals surface area contributed by atoms with Crippen LogP contribution >= 0.6 is 0 Å². The quantitative estimate of drug-likeness (QED) is 0.0618. The highest BCUT2D eigenvalue weighted by Crippen LogP contribution is 2.24. The SMILES string of the molecule is CCCCCCCCCCC(=O)CCCCCC(=O)OCCCCCCC(CCCCCC)CCCCCC. The van der Waals surface area contributed by atoms with E-state index in [-0.39, 0.29) is 5.97 Å². The highest BCUT2D eigenvalue weighted by atomic mass is 16.5. The van der Waals surface area contributed by atoms with Crippen LogP contribution in [0.15, 0.2) is 0 Å². The predicted molar refractivity (Wildman–Crippen MR) is 170 cm³/mol. The van der Waals surface area contributed by atoms with Crippen LogP contribution in [0, 0.1) is 5.92 Å². The molecule has 0 amide bonds. The Hall–Kier alpha value is -0.860. The molecule has 3 nitrogen and oxygen atoms in total. The van der Waals surface area contributed by atoms with Crippen molar-refractivity contribution in [2.24, 2.45) is 5.92 Å². The van der Waals surface area contributed by atoms with Crippen LogP contribution in [0.3, 0.4) is 0 Å². The van der Waals surface area contributed by atoms with E-state index in [1.54, 1.807) is 0 Å². The van der Waals surface area contributed by atoms with Crippen molar-refractivity contribution in [3.05, 3.63) is 0 Å². The zero-order valence-corrected chi connectivity index (χ0v) is 27.0. The molecule has 0 spiro atoms. The van der Waals surface area contributed by atoms with Crippen molar-refractivity contribution >= 4 is 11.8 Å². The van der Waals surface area contributed by atoms with Crippen molar-refractivity contribution in [3.63, 3.8) is 0 Å². The van der Waals surface area contributed by atoms with E-state index < -0.39 is 0 Å². The number of hydrogen-bond acceptors (Lipinski definition) is 3. The fraction of sp³-hybridized carbons (Fsp3) is 0.944. The zero-order chi connectivity index (χ0) is 28.7. The van der Waals surface area contributed by atoms with E-state index in [1.165, 1.54) is 135 Å². The number of ketones is 1. The molecule has 0 aromatic heterocycles. The largest absolute Gasteiger partial charge is 0.466 e. The van der Waals surface area contributed by atoms with Crippen LogP contribution in [-0.2, 0) is 14.3 Å². The lowest BCUT2D eigenvalue weighted by Crippen LogP contribution is -2.06. The van der Waals surface area contributed by atoms with Gasteiger partial charge < -0.3 is 4.74 Å². The first-order chi connectivity index (χ1) is 19.1. The Morgan fingerprint density at radius 3 is 1.31 bits per heavy atom. The summed E-state index contributed by atoms with van der Waals surface area (Å²) in [6, 6.07) is 0. The maximum atomic E-state index is 12.1. The minimum Gasteiger partial charge on any atom is -0.466 e. The van der Waals surface area contributed by atoms with Gasteiger partial charge in [-0.15, -0.1) is 0 Å². The average Bonchev–Trinajstić information content (AvgIpc) is 2.93. The van der Waals surface area contributed by atoms with Gasteiger partial charge in [0.05, 0.1) is 6.61 Å². The average molecular weight is 551 g/mol. The third kappa shape index (κ3) is 29.9. The van der Waals surface area contributed by atoms with Gasteiger partial charge in [-0.25, -0.2) is 0 Å². The minimum absolute atomic E-state index is 0.0560. The van der Waals surface area contributed by atoms with Crippen molar-refractivity contribution in [3.8, 4) is 0 Å². The Morgan fingerprint density at radius 2 is 0.795 bits per heavy atom. The van der Waals surface area contributed by atoms with Gasteiger partial charge in [-0.05, 0) is 31.6 Å². The highest BCUT2D eigenvalue weighted by molar-refractivity contribution is 5.78. The molecule has 0 saturated carbocycles. The van der Waals surface area contributed by atoms with Gasteiger partial charge in [0.15, 0.2) is 0 Å². The summed E-state index contributed by atoms with van der Waals surface area (Å²) in [4.78, 5) is 24.1. The first-order valence-corrected chi connectivity index (χ1v) is 17.8. The number of ether oxygens (including phenoxy) is 1. The summed E-state index contributed by atoms with van der Waals surface area (Å²) in [5.74, 6) is 1.28. The van der Waals surface area contributed by atoms with Gasteiger partial charge in [0, 0.05) is 19.3 Å². The van der Waals surface area contributed by atoms with E-state index >= 15 is 0 Å². The predicted octanol–water partition coefficient (Wildman–Crippen LogP) is 12.1. The van der Waals surface area contributed by atoms with E-state index in [0.717, 1.165) is 44.4 Å². The van der Waals surface area contributed by atoms with Gasteiger partial charge in [-0.2, -0.15) is 0 Å². The summed E-state index contributed by atoms with van der Waals surface area (Å²) >= 11 is 0. The maximum Gasteiger partial charge on any atom is 0.305 e. The lowest BCUT2D eigenvalue weighted by Gasteiger charge is -2.17. The Kier molecular flexibility index (Phi) is 31.0. The van der Waals surface area contributed by atoms with E-state index in [0.29, 0.717) is 25.2 Å². The summed E-state index contributed by atoms with van der Waals surface area (Å²) in [6.07, 6.45) is 35.0. The van der Waals surface area contributed by atoms with Crippen molar-refractivity contribution in [2.45, 2.75) is 207 Å². The molecule has 0 saturated heterocycles. The van der Waals surface area contributed by atoms with Crippen LogP contribution in [0.25, 0.3) is 0 Å². The van der Waals surface area contributed by atoms with Crippen LogP contribution < -0.4 is 0 Å². The molecule has 0 bridgehead atoms. The Bertz CT molecular complexity index is 503. The van der Waals surface area contributed by atoms with Crippen LogP contribution in [-0.4, -0.2) is 18.4 Å². The molecule has 0 N–H and O–H groups in total. The molecule has 0 radical (unpaired) electrons. The van der Waals surface area contributed by atoms with Crippen LogP contribution in [0.1, 0.15) is 207 Å². The minimum atomic E-state index is -0.0560. The van der Waals surface area contributed by atoms with Crippen molar-refractivity contribution in [1.82, 2.24) is 0 Å². The lowest BCUT2D eigenvalue weighted by molar-refractivity contribution is -0.143. The van der Waals surface area contributed by atoms with Gasteiger partial charge in [0.1, 0.15) is 5.78 Å². The fourth-order valence-corrected chi connectivity index (χ4v) is 5.65. The van der Waals surface area contributed by atoms with E-state index in [2.05, 4.69) is 20.8 Å². The Labute approximate surface area is 245 Å². The van der Waals surface area contributed by atoms with Crippen LogP contribution in [0.5, 0.6) is 0 Å². The summed E-state index contributed by atoms with van der Waals surface area (Å²) < 4.78 is 5.45. The molecular weight excluding hydrogens is 480 g/mol. The summed E-state index contributed by atoms with van der Waals surface area (Å²) in [5.41, 5.74) is 0. The molecule has 0 heterocycles. The number of esters is 1. The van der Waals surface area contributed by atoms with E-state index in [4.69, 9.17) is 4.74 Å². The maximum absolute atomic E-state index is 12.1. The molecule has 39 heavy (non-hydrogen) atoms. The molecule has 0 aliphatic heterocycles. The third-order valence-electron chi connectivity index (χ3n) is 8.35. The lowest BCUT2D eigenvalue weighted by atomic mass is 9.90. The second-order valence-corrected chi connectivity index (χ2v) is 12.3. The van der Waals surface area contributed by atoms with Gasteiger partial charge in [-0.3, -0.25) is 9.59 Å². The molecule has 0 aromatic carbocycles. The Balaban J connectivity index is 3.60. The smallest absolute Gasteiger partial charge is 0.305 e. The molecule has 3 heteroatoms. The molecule has 232 valence electrons. The molecule has 0 rings (SSSR count). The molecule has 0 aliphatic carbocycles. The Morgan fingerprint density at radius 1 is 0.436 bits per heavy atom. The van der Waals surface area contributed by atoms with Crippen molar-refractivity contribution in [2.75, 3.05) is 6.61 Å². The second-order valence-electron chi connectivity index (χ2n) is 12.3. The molecule has 0 unspecified atom stereocenters. The summed E-state index contributed by atoms with van der Waals surface area (Å²) in [5, 5.41) is 0. The number of Topliss-reactive ketones (excluding diaryl/α,β-unsaturated/α-hetero) is 1. The van der Waals surface area contributed by atoms with E-state index in [1.807, 2.05) is 0 Å². The standard InChI is InChI=1S/C36H70O3/c1-4-7-10-13-14-15-16-23-30-35(37)31-24-19-25-32-36(38)39-33-26-18-17-22-29-34(27-20-11-8-5-2)28-21-12-9-6-3/h34H,4-33H2,1-3H3.